The topological polar surface area (TPSA) is 99.7 Å². The molecule has 1 heterocycles. The number of hydrogen-bond donors (Lipinski definition) is 4. The van der Waals surface area contributed by atoms with Crippen LogP contribution in [-0.4, -0.2) is 48.4 Å². The van der Waals surface area contributed by atoms with Gasteiger partial charge in [-0.2, -0.15) is 0 Å². The van der Waals surface area contributed by atoms with Crippen LogP contribution in [0.3, 0.4) is 0 Å². The highest BCUT2D eigenvalue weighted by atomic mass is 35.5. The quantitative estimate of drug-likeness (QED) is 0.569. The summed E-state index contributed by atoms with van der Waals surface area (Å²) < 4.78 is 5.91. The number of hydrogen-bond acceptors (Lipinski definition) is 4. The smallest absolute Gasteiger partial charge is 0.319 e. The van der Waals surface area contributed by atoms with Crippen LogP contribution in [0.25, 0.3) is 0 Å². The van der Waals surface area contributed by atoms with Crippen molar-refractivity contribution in [3.05, 3.63) is 29.3 Å². The van der Waals surface area contributed by atoms with Gasteiger partial charge in [-0.15, -0.1) is 0 Å². The SMILES string of the molecule is O=C(NCC[C@@H]1CC[C@@H](NC(=O)C2CC2)[C@@H](CO)O1)Nc1ccc(Cl)cc1. The van der Waals surface area contributed by atoms with E-state index in [-0.39, 0.29) is 36.6 Å². The Balaban J connectivity index is 1.36. The minimum atomic E-state index is -0.394. The molecule has 7 nitrogen and oxygen atoms in total. The molecule has 2 aliphatic rings. The summed E-state index contributed by atoms with van der Waals surface area (Å²) in [5.74, 6) is 0.214. The first-order valence-electron chi connectivity index (χ1n) is 9.42. The van der Waals surface area contributed by atoms with Crippen LogP contribution >= 0.6 is 11.6 Å². The standard InChI is InChI=1S/C19H26ClN3O4/c20-13-3-5-14(6-4-13)22-19(26)21-10-9-15-7-8-16(17(11-24)27-15)23-18(25)12-1-2-12/h3-6,12,15-17,24H,1-2,7-11H2,(H,23,25)(H2,21,22,26)/t15-,16+,17+/m0/s1. The van der Waals surface area contributed by atoms with Crippen molar-refractivity contribution in [1.29, 1.82) is 0 Å². The van der Waals surface area contributed by atoms with Crippen LogP contribution in [0.15, 0.2) is 24.3 Å². The van der Waals surface area contributed by atoms with E-state index in [1.165, 1.54) is 0 Å². The zero-order valence-electron chi connectivity index (χ0n) is 15.1. The van der Waals surface area contributed by atoms with Crippen molar-refractivity contribution in [2.75, 3.05) is 18.5 Å². The number of nitrogens with one attached hydrogen (secondary N) is 3. The highest BCUT2D eigenvalue weighted by Gasteiger charge is 2.36. The predicted octanol–water partition coefficient (Wildman–Crippen LogP) is 2.29. The van der Waals surface area contributed by atoms with Crippen molar-refractivity contribution in [2.24, 2.45) is 5.92 Å². The first-order chi connectivity index (χ1) is 13.0. The lowest BCUT2D eigenvalue weighted by atomic mass is 9.97. The summed E-state index contributed by atoms with van der Waals surface area (Å²) >= 11 is 5.81. The second kappa shape index (κ2) is 9.39. The average molecular weight is 396 g/mol. The van der Waals surface area contributed by atoms with Crippen molar-refractivity contribution in [1.82, 2.24) is 10.6 Å². The number of aliphatic hydroxyl groups excluding tert-OH is 1. The Bertz CT molecular complexity index is 651. The number of aliphatic hydroxyl groups is 1. The summed E-state index contributed by atoms with van der Waals surface area (Å²) in [7, 11) is 0. The van der Waals surface area contributed by atoms with Gasteiger partial charge in [0.2, 0.25) is 5.91 Å². The second-order valence-corrected chi connectivity index (χ2v) is 7.56. The fourth-order valence-electron chi connectivity index (χ4n) is 3.21. The molecule has 1 saturated carbocycles. The zero-order valence-corrected chi connectivity index (χ0v) is 15.9. The molecule has 1 aromatic carbocycles. The lowest BCUT2D eigenvalue weighted by molar-refractivity contribution is -0.129. The van der Waals surface area contributed by atoms with Gasteiger partial charge >= 0.3 is 6.03 Å². The van der Waals surface area contributed by atoms with Crippen LogP contribution in [0, 0.1) is 5.92 Å². The molecule has 0 aromatic heterocycles. The van der Waals surface area contributed by atoms with Crippen molar-refractivity contribution >= 4 is 29.2 Å². The van der Waals surface area contributed by atoms with Gasteiger partial charge in [0.05, 0.1) is 18.8 Å². The van der Waals surface area contributed by atoms with Crippen LogP contribution in [-0.2, 0) is 9.53 Å². The molecule has 3 atom stereocenters. The number of anilines is 1. The minimum Gasteiger partial charge on any atom is -0.394 e. The number of carbonyl (C=O) groups is 2. The van der Waals surface area contributed by atoms with E-state index in [1.54, 1.807) is 24.3 Å². The van der Waals surface area contributed by atoms with Crippen LogP contribution in [0.1, 0.15) is 32.1 Å². The molecule has 8 heteroatoms. The molecule has 4 N–H and O–H groups in total. The van der Waals surface area contributed by atoms with Crippen LogP contribution in [0.5, 0.6) is 0 Å². The molecule has 0 unspecified atom stereocenters. The fourth-order valence-corrected chi connectivity index (χ4v) is 3.34. The summed E-state index contributed by atoms with van der Waals surface area (Å²) in [6.45, 7) is 0.331. The lowest BCUT2D eigenvalue weighted by Crippen LogP contribution is -2.51. The molecule has 27 heavy (non-hydrogen) atoms. The van der Waals surface area contributed by atoms with Gasteiger partial charge in [-0.1, -0.05) is 11.6 Å². The first-order valence-corrected chi connectivity index (χ1v) is 9.80. The van der Waals surface area contributed by atoms with Gasteiger partial charge in [0, 0.05) is 23.2 Å². The van der Waals surface area contributed by atoms with E-state index < -0.39 is 6.10 Å². The molecule has 0 radical (unpaired) electrons. The second-order valence-electron chi connectivity index (χ2n) is 7.12. The molecule has 0 spiro atoms. The zero-order chi connectivity index (χ0) is 19.2. The normalized spacial score (nSPS) is 24.9. The molecule has 1 aromatic rings. The molecule has 0 bridgehead atoms. The number of carbonyl (C=O) groups excluding carboxylic acids is 2. The third-order valence-corrected chi connectivity index (χ3v) is 5.18. The Labute approximate surface area is 163 Å². The highest BCUT2D eigenvalue weighted by Crippen LogP contribution is 2.30. The summed E-state index contributed by atoms with van der Waals surface area (Å²) in [6.07, 6.45) is 3.66. The van der Waals surface area contributed by atoms with E-state index in [0.717, 1.165) is 25.7 Å². The van der Waals surface area contributed by atoms with Crippen LogP contribution < -0.4 is 16.0 Å². The van der Waals surface area contributed by atoms with E-state index in [9.17, 15) is 14.7 Å². The Morgan fingerprint density at radius 2 is 1.89 bits per heavy atom. The maximum atomic E-state index is 11.9. The van der Waals surface area contributed by atoms with E-state index in [1.807, 2.05) is 0 Å². The number of benzene rings is 1. The fraction of sp³-hybridized carbons (Fsp3) is 0.579. The van der Waals surface area contributed by atoms with Crippen molar-refractivity contribution in [2.45, 2.75) is 50.4 Å². The van der Waals surface area contributed by atoms with Gasteiger partial charge in [0.15, 0.2) is 0 Å². The molecule has 2 fully saturated rings. The molecule has 1 aliphatic heterocycles. The number of urea groups is 1. The molecule has 148 valence electrons. The van der Waals surface area contributed by atoms with E-state index in [4.69, 9.17) is 16.3 Å². The van der Waals surface area contributed by atoms with E-state index >= 15 is 0 Å². The largest absolute Gasteiger partial charge is 0.394 e. The van der Waals surface area contributed by atoms with Crippen molar-refractivity contribution < 1.29 is 19.4 Å². The van der Waals surface area contributed by atoms with Gasteiger partial charge in [0.1, 0.15) is 6.10 Å². The van der Waals surface area contributed by atoms with Gasteiger partial charge in [-0.25, -0.2) is 4.79 Å². The number of halogens is 1. The monoisotopic (exact) mass is 395 g/mol. The molecule has 3 amide bonds. The number of ether oxygens (including phenoxy) is 1. The Morgan fingerprint density at radius 1 is 1.15 bits per heavy atom. The molecule has 1 aliphatic carbocycles. The van der Waals surface area contributed by atoms with Crippen molar-refractivity contribution in [3.8, 4) is 0 Å². The summed E-state index contributed by atoms with van der Waals surface area (Å²) in [4.78, 5) is 23.8. The van der Waals surface area contributed by atoms with Crippen LogP contribution in [0.2, 0.25) is 5.02 Å². The Morgan fingerprint density at radius 3 is 2.56 bits per heavy atom. The third-order valence-electron chi connectivity index (χ3n) is 4.93. The van der Waals surface area contributed by atoms with Gasteiger partial charge in [-0.05, 0) is 56.4 Å². The predicted molar refractivity (Wildman–Crippen MR) is 103 cm³/mol. The summed E-state index contributed by atoms with van der Waals surface area (Å²) in [5, 5.41) is 18.7. The number of rotatable bonds is 7. The third kappa shape index (κ3) is 6.09. The first kappa shape index (κ1) is 19.9. The van der Waals surface area contributed by atoms with E-state index in [2.05, 4.69) is 16.0 Å². The Hall–Kier alpha value is -1.83. The molecule has 1 saturated heterocycles. The minimum absolute atomic E-state index is 0.0490. The highest BCUT2D eigenvalue weighted by molar-refractivity contribution is 6.30. The number of amides is 3. The van der Waals surface area contributed by atoms with Crippen molar-refractivity contribution in [3.63, 3.8) is 0 Å². The van der Waals surface area contributed by atoms with Gasteiger partial charge < -0.3 is 25.8 Å². The molecule has 3 rings (SSSR count). The molecular formula is C19H26ClN3O4. The summed E-state index contributed by atoms with van der Waals surface area (Å²) in [5.41, 5.74) is 0.667. The van der Waals surface area contributed by atoms with E-state index in [0.29, 0.717) is 23.7 Å². The summed E-state index contributed by atoms with van der Waals surface area (Å²) in [6, 6.07) is 6.45. The van der Waals surface area contributed by atoms with Gasteiger partial charge in [0.25, 0.3) is 0 Å². The van der Waals surface area contributed by atoms with Crippen LogP contribution in [0.4, 0.5) is 10.5 Å². The lowest BCUT2D eigenvalue weighted by Gasteiger charge is -2.36. The van der Waals surface area contributed by atoms with Gasteiger partial charge in [-0.3, -0.25) is 4.79 Å². The molecular weight excluding hydrogens is 370 g/mol. The average Bonchev–Trinajstić information content (AvgIpc) is 3.50. The maximum Gasteiger partial charge on any atom is 0.319 e. The maximum absolute atomic E-state index is 11.9. The Kier molecular flexibility index (Phi) is 6.93.